The molecule has 1 heterocycles. The molecule has 1 saturated carbocycles. The Balaban J connectivity index is 1.82. The van der Waals surface area contributed by atoms with Crippen molar-refractivity contribution in [2.45, 2.75) is 52.0 Å². The van der Waals surface area contributed by atoms with Crippen LogP contribution in [0.5, 0.6) is 0 Å². The van der Waals surface area contributed by atoms with Gasteiger partial charge >= 0.3 is 0 Å². The molecule has 1 aliphatic carbocycles. The van der Waals surface area contributed by atoms with E-state index in [9.17, 15) is 14.5 Å². The summed E-state index contributed by atoms with van der Waals surface area (Å²) in [5, 5.41) is 18.2. The Bertz CT molecular complexity index is 1220. The minimum Gasteiger partial charge on any atom is -0.258 e. The molecule has 6 nitrogen and oxygen atoms in total. The average Bonchev–Trinajstić information content (AvgIpc) is 3.17. The number of benzene rings is 2. The summed E-state index contributed by atoms with van der Waals surface area (Å²) >= 11 is 1.50. The summed E-state index contributed by atoms with van der Waals surface area (Å²) < 4.78 is 15.3. The summed E-state index contributed by atoms with van der Waals surface area (Å²) in [4.78, 5) is 16.8. The molecule has 0 atom stereocenters. The Labute approximate surface area is 189 Å². The van der Waals surface area contributed by atoms with Gasteiger partial charge in [0.1, 0.15) is 5.82 Å². The Morgan fingerprint density at radius 1 is 1.16 bits per heavy atom. The highest BCUT2D eigenvalue weighted by Crippen LogP contribution is 2.24. The van der Waals surface area contributed by atoms with E-state index in [4.69, 9.17) is 10.1 Å². The number of aryl methyl sites for hydroxylation is 1. The summed E-state index contributed by atoms with van der Waals surface area (Å²) in [5.41, 5.74) is 3.63. The number of rotatable bonds is 5. The number of thiazole rings is 1. The van der Waals surface area contributed by atoms with Crippen LogP contribution in [0.4, 0.5) is 10.1 Å². The number of aromatic nitrogens is 1. The number of hydrogen-bond donors (Lipinski definition) is 0. The lowest BCUT2D eigenvalue weighted by atomic mass is 9.96. The molecule has 0 N–H and O–H groups in total. The van der Waals surface area contributed by atoms with E-state index in [0.717, 1.165) is 28.9 Å². The maximum absolute atomic E-state index is 13.5. The van der Waals surface area contributed by atoms with Gasteiger partial charge in [0.25, 0.3) is 5.69 Å². The van der Waals surface area contributed by atoms with Gasteiger partial charge in [-0.25, -0.2) is 9.07 Å². The minimum atomic E-state index is -0.377. The van der Waals surface area contributed by atoms with Gasteiger partial charge in [0.15, 0.2) is 0 Å². The zero-order valence-corrected chi connectivity index (χ0v) is 18.9. The van der Waals surface area contributed by atoms with Crippen molar-refractivity contribution in [3.05, 3.63) is 79.7 Å². The van der Waals surface area contributed by atoms with Crippen LogP contribution in [0.3, 0.4) is 0 Å². The normalized spacial score (nSPS) is 15.8. The van der Waals surface area contributed by atoms with Crippen molar-refractivity contribution in [2.75, 3.05) is 0 Å². The fraction of sp³-hybridized carbons (Fsp3) is 0.333. The van der Waals surface area contributed by atoms with Crippen molar-refractivity contribution in [3.63, 3.8) is 0 Å². The second-order valence-electron chi connectivity index (χ2n) is 8.09. The maximum Gasteiger partial charge on any atom is 0.272 e. The van der Waals surface area contributed by atoms with Crippen molar-refractivity contribution in [1.29, 1.82) is 0 Å². The van der Waals surface area contributed by atoms with Crippen molar-refractivity contribution in [1.82, 2.24) is 4.68 Å². The molecule has 0 unspecified atom stereocenters. The zero-order valence-electron chi connectivity index (χ0n) is 18.1. The third-order valence-electron chi connectivity index (χ3n) is 5.77. The molecule has 1 aromatic heterocycles. The predicted octanol–water partition coefficient (Wildman–Crippen LogP) is 6.08. The number of nitro benzene ring substituents is 1. The number of nitro groups is 1. The summed E-state index contributed by atoms with van der Waals surface area (Å²) in [6.45, 7) is 3.55. The Kier molecular flexibility index (Phi) is 6.60. The Hall–Kier alpha value is -3.13. The molecule has 0 amide bonds. The molecule has 166 valence electrons. The molecule has 0 radical (unpaired) electrons. The highest BCUT2D eigenvalue weighted by Gasteiger charge is 2.16. The number of halogens is 1. The van der Waals surface area contributed by atoms with Gasteiger partial charge in [0.05, 0.1) is 22.4 Å². The van der Waals surface area contributed by atoms with Gasteiger partial charge in [-0.1, -0.05) is 31.4 Å². The van der Waals surface area contributed by atoms with Crippen LogP contribution < -0.4 is 4.80 Å². The fourth-order valence-electron chi connectivity index (χ4n) is 3.91. The molecule has 4 rings (SSSR count). The van der Waals surface area contributed by atoms with Gasteiger partial charge in [-0.15, -0.1) is 11.3 Å². The lowest BCUT2D eigenvalue weighted by Crippen LogP contribution is -2.19. The van der Waals surface area contributed by atoms with Crippen LogP contribution in [-0.2, 0) is 0 Å². The first-order valence-corrected chi connectivity index (χ1v) is 11.6. The lowest BCUT2D eigenvalue weighted by molar-refractivity contribution is -0.385. The molecule has 3 aromatic rings. The van der Waals surface area contributed by atoms with E-state index in [1.165, 1.54) is 42.7 Å². The highest BCUT2D eigenvalue weighted by molar-refractivity contribution is 7.07. The zero-order chi connectivity index (χ0) is 22.7. The minimum absolute atomic E-state index is 0.0678. The predicted molar refractivity (Wildman–Crippen MR) is 126 cm³/mol. The van der Waals surface area contributed by atoms with Gasteiger partial charge in [-0.05, 0) is 51.0 Å². The van der Waals surface area contributed by atoms with Crippen molar-refractivity contribution in [2.24, 2.45) is 10.1 Å². The smallest absolute Gasteiger partial charge is 0.258 e. The molecular formula is C24H25FN4O2S. The molecular weight excluding hydrogens is 427 g/mol. The molecule has 1 aliphatic rings. The highest BCUT2D eigenvalue weighted by atomic mass is 32.1. The van der Waals surface area contributed by atoms with E-state index in [2.05, 4.69) is 0 Å². The quantitative estimate of drug-likeness (QED) is 0.267. The molecule has 32 heavy (non-hydrogen) atoms. The van der Waals surface area contributed by atoms with E-state index >= 15 is 0 Å². The lowest BCUT2D eigenvalue weighted by Gasteiger charge is -2.17. The summed E-state index contributed by atoms with van der Waals surface area (Å²) in [5.74, 6) is -0.297. The van der Waals surface area contributed by atoms with Gasteiger partial charge in [0, 0.05) is 28.1 Å². The second-order valence-corrected chi connectivity index (χ2v) is 8.92. The van der Waals surface area contributed by atoms with Gasteiger partial charge < -0.3 is 0 Å². The van der Waals surface area contributed by atoms with Crippen molar-refractivity contribution < 1.29 is 9.31 Å². The van der Waals surface area contributed by atoms with E-state index in [-0.39, 0.29) is 22.5 Å². The summed E-state index contributed by atoms with van der Waals surface area (Å²) in [6, 6.07) is 11.7. The van der Waals surface area contributed by atoms with E-state index in [1.807, 2.05) is 18.4 Å². The molecule has 0 spiro atoms. The Morgan fingerprint density at radius 3 is 2.56 bits per heavy atom. The van der Waals surface area contributed by atoms with Crippen LogP contribution in [0, 0.1) is 22.9 Å². The molecule has 1 fully saturated rings. The third kappa shape index (κ3) is 4.85. The SMILES string of the molecule is CC(=Nn1c(-c2ccc(F)cc2)csc1=NC1CCCCC1)c1ccc(C)c([N+](=O)[O-])c1. The van der Waals surface area contributed by atoms with Crippen LogP contribution in [0.2, 0.25) is 0 Å². The molecule has 0 aliphatic heterocycles. The van der Waals surface area contributed by atoms with Crippen molar-refractivity contribution in [3.8, 4) is 11.3 Å². The maximum atomic E-state index is 13.5. The van der Waals surface area contributed by atoms with Crippen LogP contribution >= 0.6 is 11.3 Å². The van der Waals surface area contributed by atoms with E-state index in [1.54, 1.807) is 35.9 Å². The third-order valence-corrected chi connectivity index (χ3v) is 6.60. The molecule has 0 bridgehead atoms. The first-order chi connectivity index (χ1) is 15.4. The summed E-state index contributed by atoms with van der Waals surface area (Å²) in [6.07, 6.45) is 5.74. The molecule has 8 heteroatoms. The monoisotopic (exact) mass is 452 g/mol. The van der Waals surface area contributed by atoms with Gasteiger partial charge in [0.2, 0.25) is 4.80 Å². The van der Waals surface area contributed by atoms with Gasteiger partial charge in [-0.2, -0.15) is 5.10 Å². The molecule has 0 saturated heterocycles. The largest absolute Gasteiger partial charge is 0.272 e. The van der Waals surface area contributed by atoms with Crippen molar-refractivity contribution >= 4 is 22.7 Å². The second kappa shape index (κ2) is 9.56. The molecule has 2 aromatic carbocycles. The fourth-order valence-corrected chi connectivity index (χ4v) is 4.81. The van der Waals surface area contributed by atoms with Crippen LogP contribution in [0.1, 0.15) is 50.2 Å². The van der Waals surface area contributed by atoms with E-state index in [0.29, 0.717) is 16.8 Å². The first-order valence-electron chi connectivity index (χ1n) is 10.7. The summed E-state index contributed by atoms with van der Waals surface area (Å²) in [7, 11) is 0. The Morgan fingerprint density at radius 2 is 1.88 bits per heavy atom. The standard InChI is InChI=1S/C24H25FN4O2S/c1-16-8-9-19(14-22(16)29(30)31)17(2)27-28-23(18-10-12-20(25)13-11-18)15-32-24(28)26-21-6-4-3-5-7-21/h8-15,21H,3-7H2,1-2H3. The number of nitrogens with zero attached hydrogens (tertiary/aromatic N) is 4. The average molecular weight is 453 g/mol. The van der Waals surface area contributed by atoms with Crippen LogP contribution in [0.15, 0.2) is 57.9 Å². The topological polar surface area (TPSA) is 72.8 Å². The van der Waals surface area contributed by atoms with Gasteiger partial charge in [-0.3, -0.25) is 15.1 Å². The number of hydrogen-bond acceptors (Lipinski definition) is 5. The van der Waals surface area contributed by atoms with Crippen LogP contribution in [0.25, 0.3) is 11.3 Å². The van der Waals surface area contributed by atoms with E-state index < -0.39 is 0 Å². The first kappa shape index (κ1) is 22.1. The van der Waals surface area contributed by atoms with Crippen LogP contribution in [-0.4, -0.2) is 21.4 Å².